The lowest BCUT2D eigenvalue weighted by molar-refractivity contribution is 0.0919. The molecule has 0 aliphatic heterocycles. The summed E-state index contributed by atoms with van der Waals surface area (Å²) in [6.07, 6.45) is 4.90. The van der Waals surface area contributed by atoms with Crippen molar-refractivity contribution in [2.75, 3.05) is 0 Å². The van der Waals surface area contributed by atoms with Crippen LogP contribution in [0.3, 0.4) is 0 Å². The third-order valence-corrected chi connectivity index (χ3v) is 5.56. The predicted molar refractivity (Wildman–Crippen MR) is 129 cm³/mol. The molecule has 0 aliphatic rings. The number of aromatic nitrogens is 2. The van der Waals surface area contributed by atoms with Gasteiger partial charge < -0.3 is 9.88 Å². The van der Waals surface area contributed by atoms with Crippen LogP contribution in [0.5, 0.6) is 0 Å². The fourth-order valence-corrected chi connectivity index (χ4v) is 3.66. The molecule has 4 heteroatoms. The summed E-state index contributed by atoms with van der Waals surface area (Å²) in [7, 11) is 0. The lowest BCUT2D eigenvalue weighted by atomic mass is 9.95. The molecule has 3 aromatic rings. The quantitative estimate of drug-likeness (QED) is 0.485. The summed E-state index contributed by atoms with van der Waals surface area (Å²) in [4.78, 5) is 17.6. The SMILES string of the molecule is CCC(C)c1ccc(-c2cc(C(=O)NC(C)(C)C)cc(-n3ccnc3C(C)C)c2)cc1. The molecule has 1 unspecified atom stereocenters. The number of hydrogen-bond acceptors (Lipinski definition) is 2. The second-order valence-corrected chi connectivity index (χ2v) is 9.71. The van der Waals surface area contributed by atoms with Crippen LogP contribution in [0.4, 0.5) is 0 Å². The minimum absolute atomic E-state index is 0.0713. The minimum Gasteiger partial charge on any atom is -0.347 e. The maximum absolute atomic E-state index is 13.0. The highest BCUT2D eigenvalue weighted by Gasteiger charge is 2.18. The van der Waals surface area contributed by atoms with E-state index in [9.17, 15) is 4.79 Å². The summed E-state index contributed by atoms with van der Waals surface area (Å²) in [6, 6.07) is 14.8. The number of amides is 1. The minimum atomic E-state index is -0.302. The van der Waals surface area contributed by atoms with E-state index in [1.165, 1.54) is 5.56 Å². The summed E-state index contributed by atoms with van der Waals surface area (Å²) in [5.74, 6) is 1.72. The highest BCUT2D eigenvalue weighted by Crippen LogP contribution is 2.28. The summed E-state index contributed by atoms with van der Waals surface area (Å²) in [5, 5.41) is 3.09. The summed E-state index contributed by atoms with van der Waals surface area (Å²) in [5.41, 5.74) is 4.76. The van der Waals surface area contributed by atoms with E-state index in [1.807, 2.05) is 45.3 Å². The van der Waals surface area contributed by atoms with Crippen molar-refractivity contribution < 1.29 is 4.79 Å². The maximum Gasteiger partial charge on any atom is 0.251 e. The Balaban J connectivity index is 2.11. The Kier molecular flexibility index (Phi) is 6.68. The number of nitrogens with zero attached hydrogens (tertiary/aromatic N) is 2. The molecule has 0 saturated heterocycles. The number of carbonyl (C=O) groups is 1. The smallest absolute Gasteiger partial charge is 0.251 e. The molecular weight excluding hydrogens is 382 g/mol. The molecule has 31 heavy (non-hydrogen) atoms. The molecule has 4 nitrogen and oxygen atoms in total. The molecule has 0 bridgehead atoms. The zero-order valence-corrected chi connectivity index (χ0v) is 19.9. The van der Waals surface area contributed by atoms with Gasteiger partial charge in [-0.25, -0.2) is 4.98 Å². The first kappa shape index (κ1) is 22.8. The lowest BCUT2D eigenvalue weighted by Crippen LogP contribution is -2.40. The van der Waals surface area contributed by atoms with Gasteiger partial charge in [0, 0.05) is 35.1 Å². The summed E-state index contributed by atoms with van der Waals surface area (Å²) >= 11 is 0. The van der Waals surface area contributed by atoms with E-state index in [0.717, 1.165) is 29.1 Å². The van der Waals surface area contributed by atoms with Crippen molar-refractivity contribution >= 4 is 5.91 Å². The van der Waals surface area contributed by atoms with Gasteiger partial charge in [-0.3, -0.25) is 4.79 Å². The van der Waals surface area contributed by atoms with E-state index in [0.29, 0.717) is 11.5 Å². The van der Waals surface area contributed by atoms with Gasteiger partial charge in [-0.2, -0.15) is 0 Å². The standard InChI is InChI=1S/C27H35N3O/c1-8-19(4)20-9-11-21(12-10-20)22-15-23(26(31)29-27(5,6)7)17-24(16-22)30-14-13-28-25(30)18(2)3/h9-19H,8H2,1-7H3,(H,29,31). The Morgan fingerprint density at radius 1 is 1.03 bits per heavy atom. The first-order chi connectivity index (χ1) is 14.6. The van der Waals surface area contributed by atoms with Gasteiger partial charge in [0.2, 0.25) is 0 Å². The van der Waals surface area contributed by atoms with Crippen molar-refractivity contribution in [1.29, 1.82) is 0 Å². The van der Waals surface area contributed by atoms with Crippen molar-refractivity contribution in [3.63, 3.8) is 0 Å². The average Bonchev–Trinajstić information content (AvgIpc) is 3.22. The Labute approximate surface area is 186 Å². The topological polar surface area (TPSA) is 46.9 Å². The molecule has 1 amide bonds. The van der Waals surface area contributed by atoms with Gasteiger partial charge in [0.1, 0.15) is 5.82 Å². The van der Waals surface area contributed by atoms with E-state index in [4.69, 9.17) is 0 Å². The van der Waals surface area contributed by atoms with Crippen LogP contribution in [0.25, 0.3) is 16.8 Å². The monoisotopic (exact) mass is 417 g/mol. The molecule has 2 aromatic carbocycles. The fraction of sp³-hybridized carbons (Fsp3) is 0.407. The first-order valence-corrected chi connectivity index (χ1v) is 11.2. The predicted octanol–water partition coefficient (Wildman–Crippen LogP) is 6.70. The molecule has 0 aliphatic carbocycles. The number of rotatable bonds is 6. The largest absolute Gasteiger partial charge is 0.347 e. The molecule has 0 radical (unpaired) electrons. The van der Waals surface area contributed by atoms with Crippen molar-refractivity contribution in [3.8, 4) is 16.8 Å². The number of hydrogen-bond donors (Lipinski definition) is 1. The molecule has 1 aromatic heterocycles. The summed E-state index contributed by atoms with van der Waals surface area (Å²) in [6.45, 7) is 14.7. The maximum atomic E-state index is 13.0. The lowest BCUT2D eigenvalue weighted by Gasteiger charge is -2.21. The van der Waals surface area contributed by atoms with Gasteiger partial charge in [0.25, 0.3) is 5.91 Å². The van der Waals surface area contributed by atoms with Crippen LogP contribution in [0.15, 0.2) is 54.9 Å². The zero-order chi connectivity index (χ0) is 22.8. The van der Waals surface area contributed by atoms with E-state index < -0.39 is 0 Å². The van der Waals surface area contributed by atoms with E-state index in [1.54, 1.807) is 0 Å². The van der Waals surface area contributed by atoms with Crippen LogP contribution < -0.4 is 5.32 Å². The molecule has 3 rings (SSSR count). The van der Waals surface area contributed by atoms with Crippen molar-refractivity contribution in [3.05, 3.63) is 71.8 Å². The van der Waals surface area contributed by atoms with Crippen LogP contribution in [0, 0.1) is 0 Å². The third-order valence-electron chi connectivity index (χ3n) is 5.56. The highest BCUT2D eigenvalue weighted by atomic mass is 16.1. The van der Waals surface area contributed by atoms with Crippen molar-refractivity contribution in [2.45, 2.75) is 72.3 Å². The number of nitrogens with one attached hydrogen (secondary N) is 1. The van der Waals surface area contributed by atoms with Crippen LogP contribution in [-0.4, -0.2) is 21.0 Å². The molecule has 0 saturated carbocycles. The van der Waals surface area contributed by atoms with Gasteiger partial charge in [-0.15, -0.1) is 0 Å². The van der Waals surface area contributed by atoms with Crippen LogP contribution in [0.1, 0.15) is 88.5 Å². The Hall–Kier alpha value is -2.88. The Bertz CT molecular complexity index is 1040. The van der Waals surface area contributed by atoms with E-state index in [-0.39, 0.29) is 17.4 Å². The van der Waals surface area contributed by atoms with Gasteiger partial charge >= 0.3 is 0 Å². The molecule has 1 N–H and O–H groups in total. The molecule has 0 spiro atoms. The third kappa shape index (κ3) is 5.43. The van der Waals surface area contributed by atoms with Crippen molar-refractivity contribution in [1.82, 2.24) is 14.9 Å². The molecule has 1 heterocycles. The fourth-order valence-electron chi connectivity index (χ4n) is 3.66. The second-order valence-electron chi connectivity index (χ2n) is 9.71. The van der Waals surface area contributed by atoms with Crippen LogP contribution >= 0.6 is 0 Å². The van der Waals surface area contributed by atoms with Crippen molar-refractivity contribution in [2.24, 2.45) is 0 Å². The molecule has 1 atom stereocenters. The van der Waals surface area contributed by atoms with Gasteiger partial charge in [-0.1, -0.05) is 52.0 Å². The zero-order valence-electron chi connectivity index (χ0n) is 19.9. The summed E-state index contributed by atoms with van der Waals surface area (Å²) < 4.78 is 2.08. The normalized spacial score (nSPS) is 12.8. The number of benzene rings is 2. The number of imidazole rings is 1. The van der Waals surface area contributed by atoms with Gasteiger partial charge in [0.05, 0.1) is 0 Å². The average molecular weight is 418 g/mol. The number of carbonyl (C=O) groups excluding carboxylic acids is 1. The molecule has 0 fully saturated rings. The Morgan fingerprint density at radius 3 is 2.29 bits per heavy atom. The highest BCUT2D eigenvalue weighted by molar-refractivity contribution is 5.96. The Morgan fingerprint density at radius 2 is 1.71 bits per heavy atom. The van der Waals surface area contributed by atoms with Gasteiger partial charge in [-0.05, 0) is 68.0 Å². The van der Waals surface area contributed by atoms with Gasteiger partial charge in [0.15, 0.2) is 0 Å². The second kappa shape index (κ2) is 9.09. The van der Waals surface area contributed by atoms with Crippen LogP contribution in [-0.2, 0) is 0 Å². The van der Waals surface area contributed by atoms with Crippen LogP contribution in [0.2, 0.25) is 0 Å². The van der Waals surface area contributed by atoms with E-state index in [2.05, 4.69) is 72.9 Å². The van der Waals surface area contributed by atoms with E-state index >= 15 is 0 Å². The molecule has 164 valence electrons. The molecular formula is C27H35N3O. The first-order valence-electron chi connectivity index (χ1n) is 11.2.